The van der Waals surface area contributed by atoms with Crippen LogP contribution >= 0.6 is 0 Å². The Morgan fingerprint density at radius 1 is 1.67 bits per heavy atom. The standard InChI is InChI=1S/C8H16N2O2/c1-3-9-7-5-10(2)4-6(7)8(11)12/h6-7,9H,3-5H2,1-2H3,(H,11,12). The van der Waals surface area contributed by atoms with Gasteiger partial charge < -0.3 is 15.3 Å². The van der Waals surface area contributed by atoms with E-state index < -0.39 is 5.97 Å². The van der Waals surface area contributed by atoms with E-state index in [1.807, 2.05) is 18.9 Å². The molecule has 12 heavy (non-hydrogen) atoms. The Bertz CT molecular complexity index is 172. The average molecular weight is 172 g/mol. The fourth-order valence-corrected chi connectivity index (χ4v) is 1.72. The third-order valence-corrected chi connectivity index (χ3v) is 2.29. The average Bonchev–Trinajstić information content (AvgIpc) is 2.32. The summed E-state index contributed by atoms with van der Waals surface area (Å²) < 4.78 is 0. The molecule has 1 aliphatic heterocycles. The number of nitrogens with one attached hydrogen (secondary N) is 1. The molecule has 2 unspecified atom stereocenters. The number of carbonyl (C=O) groups is 1. The summed E-state index contributed by atoms with van der Waals surface area (Å²) >= 11 is 0. The molecule has 1 aliphatic rings. The molecule has 2 atom stereocenters. The Morgan fingerprint density at radius 3 is 2.83 bits per heavy atom. The van der Waals surface area contributed by atoms with Gasteiger partial charge in [-0.2, -0.15) is 0 Å². The van der Waals surface area contributed by atoms with Gasteiger partial charge in [0.05, 0.1) is 5.92 Å². The van der Waals surface area contributed by atoms with Crippen LogP contribution in [0.15, 0.2) is 0 Å². The topological polar surface area (TPSA) is 52.6 Å². The minimum absolute atomic E-state index is 0.123. The van der Waals surface area contributed by atoms with Gasteiger partial charge in [-0.15, -0.1) is 0 Å². The first kappa shape index (κ1) is 9.48. The van der Waals surface area contributed by atoms with Crippen LogP contribution in [0.1, 0.15) is 6.92 Å². The second kappa shape index (κ2) is 3.87. The first-order chi connectivity index (χ1) is 5.65. The summed E-state index contributed by atoms with van der Waals surface area (Å²) in [6.07, 6.45) is 0. The summed E-state index contributed by atoms with van der Waals surface area (Å²) in [6.45, 7) is 4.33. The van der Waals surface area contributed by atoms with Crippen molar-refractivity contribution in [2.45, 2.75) is 13.0 Å². The maximum absolute atomic E-state index is 10.8. The van der Waals surface area contributed by atoms with Crippen molar-refractivity contribution >= 4 is 5.97 Å². The monoisotopic (exact) mass is 172 g/mol. The molecule has 1 fully saturated rings. The Kier molecular flexibility index (Phi) is 3.05. The number of rotatable bonds is 3. The number of hydrogen-bond acceptors (Lipinski definition) is 3. The third kappa shape index (κ3) is 1.95. The minimum atomic E-state index is -0.690. The summed E-state index contributed by atoms with van der Waals surface area (Å²) in [6, 6.07) is 0.123. The third-order valence-electron chi connectivity index (χ3n) is 2.29. The molecule has 0 radical (unpaired) electrons. The normalized spacial score (nSPS) is 30.8. The molecule has 1 rings (SSSR count). The summed E-state index contributed by atoms with van der Waals surface area (Å²) in [5.74, 6) is -0.930. The molecule has 1 saturated heterocycles. The molecule has 0 aromatic heterocycles. The first-order valence-electron chi connectivity index (χ1n) is 4.30. The van der Waals surface area contributed by atoms with E-state index in [9.17, 15) is 4.79 Å². The zero-order valence-corrected chi connectivity index (χ0v) is 7.58. The Hall–Kier alpha value is -0.610. The molecule has 4 nitrogen and oxygen atoms in total. The molecular weight excluding hydrogens is 156 g/mol. The smallest absolute Gasteiger partial charge is 0.309 e. The van der Waals surface area contributed by atoms with E-state index in [1.54, 1.807) is 0 Å². The molecule has 70 valence electrons. The molecule has 0 spiro atoms. The fourth-order valence-electron chi connectivity index (χ4n) is 1.72. The highest BCUT2D eigenvalue weighted by molar-refractivity contribution is 5.71. The second-order valence-corrected chi connectivity index (χ2v) is 3.33. The van der Waals surface area contributed by atoms with Crippen LogP contribution in [0, 0.1) is 5.92 Å². The predicted octanol–water partition coefficient (Wildman–Crippen LogP) is -0.389. The van der Waals surface area contributed by atoms with Crippen LogP contribution in [0.5, 0.6) is 0 Å². The summed E-state index contributed by atoms with van der Waals surface area (Å²) in [7, 11) is 1.95. The molecule has 0 aliphatic carbocycles. The van der Waals surface area contributed by atoms with E-state index in [-0.39, 0.29) is 12.0 Å². The lowest BCUT2D eigenvalue weighted by Crippen LogP contribution is -2.39. The lowest BCUT2D eigenvalue weighted by Gasteiger charge is -2.14. The summed E-state index contributed by atoms with van der Waals surface area (Å²) in [5, 5.41) is 12.0. The van der Waals surface area contributed by atoms with Gasteiger partial charge in [0.25, 0.3) is 0 Å². The van der Waals surface area contributed by atoms with Crippen molar-refractivity contribution in [1.82, 2.24) is 10.2 Å². The van der Waals surface area contributed by atoms with E-state index >= 15 is 0 Å². The zero-order valence-electron chi connectivity index (χ0n) is 7.58. The second-order valence-electron chi connectivity index (χ2n) is 3.33. The van der Waals surface area contributed by atoms with Crippen LogP contribution in [0.25, 0.3) is 0 Å². The van der Waals surface area contributed by atoms with Crippen LogP contribution in [-0.2, 0) is 4.79 Å². The van der Waals surface area contributed by atoms with Gasteiger partial charge in [0.15, 0.2) is 0 Å². The Labute approximate surface area is 72.6 Å². The van der Waals surface area contributed by atoms with Gasteiger partial charge in [-0.25, -0.2) is 0 Å². The zero-order chi connectivity index (χ0) is 9.14. The molecular formula is C8H16N2O2. The van der Waals surface area contributed by atoms with Crippen LogP contribution in [-0.4, -0.2) is 48.7 Å². The van der Waals surface area contributed by atoms with Crippen molar-refractivity contribution in [3.63, 3.8) is 0 Å². The molecule has 0 bridgehead atoms. The van der Waals surface area contributed by atoms with Gasteiger partial charge in [-0.05, 0) is 13.6 Å². The lowest BCUT2D eigenvalue weighted by atomic mass is 10.0. The highest BCUT2D eigenvalue weighted by Crippen LogP contribution is 2.15. The quantitative estimate of drug-likeness (QED) is 0.609. The van der Waals surface area contributed by atoms with Crippen molar-refractivity contribution in [2.24, 2.45) is 5.92 Å². The van der Waals surface area contributed by atoms with Gasteiger partial charge in [0.2, 0.25) is 0 Å². The van der Waals surface area contributed by atoms with Gasteiger partial charge in [-0.3, -0.25) is 4.79 Å². The van der Waals surface area contributed by atoms with Gasteiger partial charge in [0.1, 0.15) is 0 Å². The Balaban J connectivity index is 2.53. The summed E-state index contributed by atoms with van der Waals surface area (Å²) in [4.78, 5) is 12.8. The largest absolute Gasteiger partial charge is 0.481 e. The van der Waals surface area contributed by atoms with Crippen LogP contribution < -0.4 is 5.32 Å². The Morgan fingerprint density at radius 2 is 2.33 bits per heavy atom. The van der Waals surface area contributed by atoms with Crippen molar-refractivity contribution in [1.29, 1.82) is 0 Å². The maximum atomic E-state index is 10.8. The van der Waals surface area contributed by atoms with E-state index in [4.69, 9.17) is 5.11 Å². The van der Waals surface area contributed by atoms with Crippen molar-refractivity contribution < 1.29 is 9.90 Å². The lowest BCUT2D eigenvalue weighted by molar-refractivity contribution is -0.141. The van der Waals surface area contributed by atoms with Crippen LogP contribution in [0.4, 0.5) is 0 Å². The van der Waals surface area contributed by atoms with Crippen LogP contribution in [0.3, 0.4) is 0 Å². The molecule has 2 N–H and O–H groups in total. The SMILES string of the molecule is CCNC1CN(C)CC1C(=O)O. The van der Waals surface area contributed by atoms with E-state index in [0.717, 1.165) is 13.1 Å². The number of aliphatic carboxylic acids is 1. The van der Waals surface area contributed by atoms with E-state index in [0.29, 0.717) is 6.54 Å². The highest BCUT2D eigenvalue weighted by atomic mass is 16.4. The van der Waals surface area contributed by atoms with E-state index in [2.05, 4.69) is 5.32 Å². The molecule has 0 saturated carbocycles. The fraction of sp³-hybridized carbons (Fsp3) is 0.875. The number of nitrogens with zero attached hydrogens (tertiary/aromatic N) is 1. The predicted molar refractivity (Wildman–Crippen MR) is 46.1 cm³/mol. The van der Waals surface area contributed by atoms with E-state index in [1.165, 1.54) is 0 Å². The molecule has 0 amide bonds. The molecule has 0 aromatic carbocycles. The first-order valence-corrected chi connectivity index (χ1v) is 4.30. The van der Waals surface area contributed by atoms with Crippen LogP contribution in [0.2, 0.25) is 0 Å². The van der Waals surface area contributed by atoms with Crippen molar-refractivity contribution in [2.75, 3.05) is 26.7 Å². The molecule has 0 aromatic rings. The minimum Gasteiger partial charge on any atom is -0.481 e. The van der Waals surface area contributed by atoms with Crippen molar-refractivity contribution in [3.05, 3.63) is 0 Å². The number of likely N-dealkylation sites (tertiary alicyclic amines) is 1. The molecule has 4 heteroatoms. The highest BCUT2D eigenvalue weighted by Gasteiger charge is 2.35. The number of carboxylic acid groups (broad SMARTS) is 1. The molecule has 1 heterocycles. The maximum Gasteiger partial charge on any atom is 0.309 e. The summed E-state index contributed by atoms with van der Waals surface area (Å²) in [5.41, 5.74) is 0. The number of carboxylic acids is 1. The van der Waals surface area contributed by atoms with Gasteiger partial charge in [0, 0.05) is 19.1 Å². The number of hydrogen-bond donors (Lipinski definition) is 2. The van der Waals surface area contributed by atoms with Gasteiger partial charge >= 0.3 is 5.97 Å². The van der Waals surface area contributed by atoms with Crippen molar-refractivity contribution in [3.8, 4) is 0 Å². The number of likely N-dealkylation sites (N-methyl/N-ethyl adjacent to an activating group) is 2. The van der Waals surface area contributed by atoms with Gasteiger partial charge in [-0.1, -0.05) is 6.92 Å².